The van der Waals surface area contributed by atoms with E-state index >= 15 is 0 Å². The summed E-state index contributed by atoms with van der Waals surface area (Å²) in [5.74, 6) is 0.519. The number of benzene rings is 2. The normalized spacial score (nSPS) is 13.4. The van der Waals surface area contributed by atoms with Crippen LogP contribution >= 0.6 is 0 Å². The van der Waals surface area contributed by atoms with Crippen molar-refractivity contribution in [1.29, 1.82) is 0 Å². The molecule has 0 saturated heterocycles. The van der Waals surface area contributed by atoms with Crippen LogP contribution in [-0.2, 0) is 16.4 Å². The first kappa shape index (κ1) is 31.9. The lowest BCUT2D eigenvalue weighted by atomic mass is 9.94. The van der Waals surface area contributed by atoms with E-state index in [1.807, 2.05) is 30.3 Å². The lowest BCUT2D eigenvalue weighted by Crippen LogP contribution is -2.58. The fourth-order valence-electron chi connectivity index (χ4n) is 4.26. The minimum atomic E-state index is -4.21. The Labute approximate surface area is 232 Å². The van der Waals surface area contributed by atoms with E-state index in [4.69, 9.17) is 9.47 Å². The highest BCUT2D eigenvalue weighted by atomic mass is 32.2. The molecule has 9 nitrogen and oxygen atoms in total. The van der Waals surface area contributed by atoms with E-state index in [1.165, 1.54) is 36.3 Å². The van der Waals surface area contributed by atoms with Gasteiger partial charge in [0.1, 0.15) is 16.4 Å². The second-order valence-electron chi connectivity index (χ2n) is 10.00. The van der Waals surface area contributed by atoms with Gasteiger partial charge in [0.05, 0.1) is 25.9 Å². The Balaban J connectivity index is 2.51. The molecule has 0 unspecified atom stereocenters. The smallest absolute Gasteiger partial charge is 0.408 e. The van der Waals surface area contributed by atoms with Gasteiger partial charge < -0.3 is 19.7 Å². The van der Waals surface area contributed by atoms with Gasteiger partial charge in [0, 0.05) is 24.7 Å². The van der Waals surface area contributed by atoms with Crippen LogP contribution in [-0.4, -0.2) is 78.4 Å². The van der Waals surface area contributed by atoms with Crippen LogP contribution in [0.15, 0.2) is 78.7 Å². The number of amides is 1. The van der Waals surface area contributed by atoms with Gasteiger partial charge in [0.25, 0.3) is 0 Å². The molecule has 10 heteroatoms. The molecule has 0 aliphatic carbocycles. The molecule has 0 bridgehead atoms. The summed E-state index contributed by atoms with van der Waals surface area (Å²) in [6.07, 6.45) is 1.19. The SMILES string of the molecule is C=CCCOc1cc(OC)ccc1S(=O)(=O)N(CC=C)C[C@@H](O)[C@H](Cc1ccccc1)N(C(=O)O)C(C)(C)C. The summed E-state index contributed by atoms with van der Waals surface area (Å²) in [4.78, 5) is 13.5. The van der Waals surface area contributed by atoms with Crippen molar-refractivity contribution < 1.29 is 32.9 Å². The number of sulfonamides is 1. The standard InChI is InChI=1S/C29H40N2O7S/c1-7-9-18-38-26-20-23(37-6)15-16-27(26)39(35,36)30(17-8-2)21-25(32)24(19-22-13-11-10-12-14-22)31(28(33)34)29(3,4)5/h7-8,10-16,20,24-25,32H,1-2,9,17-19,21H2,3-6H3,(H,33,34)/t24-,25+/m0/s1. The number of ether oxygens (including phenoxy) is 2. The molecule has 2 rings (SSSR count). The lowest BCUT2D eigenvalue weighted by molar-refractivity contribution is 0.00183. The molecule has 1 amide bonds. The largest absolute Gasteiger partial charge is 0.497 e. The molecule has 0 aromatic heterocycles. The molecule has 0 spiro atoms. The number of nitrogens with zero attached hydrogens (tertiary/aromatic N) is 2. The van der Waals surface area contributed by atoms with Crippen molar-refractivity contribution in [3.05, 3.63) is 79.4 Å². The first-order valence-corrected chi connectivity index (χ1v) is 14.1. The van der Waals surface area contributed by atoms with Crippen molar-refractivity contribution >= 4 is 16.1 Å². The van der Waals surface area contributed by atoms with Crippen molar-refractivity contribution in [2.24, 2.45) is 0 Å². The molecule has 2 aromatic rings. The topological polar surface area (TPSA) is 117 Å². The van der Waals surface area contributed by atoms with Gasteiger partial charge in [-0.2, -0.15) is 4.31 Å². The third-order valence-corrected chi connectivity index (χ3v) is 7.93. The van der Waals surface area contributed by atoms with Gasteiger partial charge in [0.15, 0.2) is 0 Å². The van der Waals surface area contributed by atoms with Crippen LogP contribution in [0, 0.1) is 0 Å². The second-order valence-corrected chi connectivity index (χ2v) is 11.9. The number of aliphatic hydroxyl groups excluding tert-OH is 1. The number of aliphatic hydroxyl groups is 1. The Bertz CT molecular complexity index is 1210. The quantitative estimate of drug-likeness (QED) is 0.242. The van der Waals surface area contributed by atoms with Gasteiger partial charge >= 0.3 is 6.09 Å². The fourth-order valence-corrected chi connectivity index (χ4v) is 5.80. The maximum absolute atomic E-state index is 13.9. The molecule has 0 saturated carbocycles. The Morgan fingerprint density at radius 3 is 2.31 bits per heavy atom. The van der Waals surface area contributed by atoms with Crippen molar-refractivity contribution in [2.45, 2.75) is 56.2 Å². The summed E-state index contributed by atoms with van der Waals surface area (Å²) in [7, 11) is -2.74. The second kappa shape index (κ2) is 14.2. The summed E-state index contributed by atoms with van der Waals surface area (Å²) >= 11 is 0. The highest BCUT2D eigenvalue weighted by Crippen LogP contribution is 2.32. The third-order valence-electron chi connectivity index (χ3n) is 6.06. The number of methoxy groups -OCH3 is 1. The van der Waals surface area contributed by atoms with E-state index in [9.17, 15) is 23.4 Å². The summed E-state index contributed by atoms with van der Waals surface area (Å²) in [5.41, 5.74) is -0.0560. The van der Waals surface area contributed by atoms with Crippen LogP contribution in [0.4, 0.5) is 4.79 Å². The molecule has 0 fully saturated rings. The van der Waals surface area contributed by atoms with Crippen LogP contribution in [0.25, 0.3) is 0 Å². The predicted molar refractivity (Wildman–Crippen MR) is 152 cm³/mol. The maximum atomic E-state index is 13.9. The fraction of sp³-hybridized carbons (Fsp3) is 0.414. The highest BCUT2D eigenvalue weighted by molar-refractivity contribution is 7.89. The molecule has 0 aliphatic rings. The summed E-state index contributed by atoms with van der Waals surface area (Å²) in [5, 5.41) is 21.6. The average molecular weight is 561 g/mol. The summed E-state index contributed by atoms with van der Waals surface area (Å²) in [6, 6.07) is 12.6. The molecule has 2 aromatic carbocycles. The Morgan fingerprint density at radius 2 is 1.77 bits per heavy atom. The van der Waals surface area contributed by atoms with Gasteiger partial charge in [-0.1, -0.05) is 42.5 Å². The first-order valence-electron chi connectivity index (χ1n) is 12.6. The Kier molecular flexibility index (Phi) is 11.6. The zero-order chi connectivity index (χ0) is 29.2. The van der Waals surface area contributed by atoms with Crippen molar-refractivity contribution in [3.8, 4) is 11.5 Å². The van der Waals surface area contributed by atoms with Gasteiger partial charge in [0.2, 0.25) is 10.0 Å². The van der Waals surface area contributed by atoms with Gasteiger partial charge in [-0.05, 0) is 51.3 Å². The first-order chi connectivity index (χ1) is 18.4. The van der Waals surface area contributed by atoms with Crippen LogP contribution in [0.2, 0.25) is 0 Å². The average Bonchev–Trinajstić information content (AvgIpc) is 2.87. The molecular formula is C29H40N2O7S. The lowest BCUT2D eigenvalue weighted by Gasteiger charge is -2.42. The van der Waals surface area contributed by atoms with E-state index in [0.717, 1.165) is 9.87 Å². The molecule has 0 radical (unpaired) electrons. The van der Waals surface area contributed by atoms with E-state index < -0.39 is 33.8 Å². The van der Waals surface area contributed by atoms with Crippen LogP contribution < -0.4 is 9.47 Å². The van der Waals surface area contributed by atoms with Crippen LogP contribution in [0.3, 0.4) is 0 Å². The summed E-state index contributed by atoms with van der Waals surface area (Å²) < 4.78 is 39.8. The zero-order valence-corrected chi connectivity index (χ0v) is 23.9. The van der Waals surface area contributed by atoms with E-state index in [2.05, 4.69) is 13.2 Å². The van der Waals surface area contributed by atoms with Crippen molar-refractivity contribution in [3.63, 3.8) is 0 Å². The van der Waals surface area contributed by atoms with E-state index in [1.54, 1.807) is 26.8 Å². The Hall–Kier alpha value is -3.34. The maximum Gasteiger partial charge on any atom is 0.408 e. The van der Waals surface area contributed by atoms with Crippen LogP contribution in [0.5, 0.6) is 11.5 Å². The third kappa shape index (κ3) is 8.58. The minimum Gasteiger partial charge on any atom is -0.497 e. The number of rotatable bonds is 15. The van der Waals surface area contributed by atoms with Crippen LogP contribution in [0.1, 0.15) is 32.8 Å². The number of carboxylic acid groups (broad SMARTS) is 1. The molecule has 0 aliphatic heterocycles. The minimum absolute atomic E-state index is 0.0995. The van der Waals surface area contributed by atoms with Gasteiger partial charge in [-0.15, -0.1) is 13.2 Å². The van der Waals surface area contributed by atoms with Crippen molar-refractivity contribution in [1.82, 2.24) is 9.21 Å². The van der Waals surface area contributed by atoms with Gasteiger partial charge in [-0.3, -0.25) is 4.90 Å². The molecular weight excluding hydrogens is 520 g/mol. The van der Waals surface area contributed by atoms with E-state index in [0.29, 0.717) is 12.2 Å². The summed E-state index contributed by atoms with van der Waals surface area (Å²) in [6.45, 7) is 12.3. The van der Waals surface area contributed by atoms with E-state index in [-0.39, 0.29) is 36.8 Å². The predicted octanol–water partition coefficient (Wildman–Crippen LogP) is 4.58. The molecule has 0 heterocycles. The number of carbonyl (C=O) groups is 1. The van der Waals surface area contributed by atoms with Crippen molar-refractivity contribution in [2.75, 3.05) is 26.8 Å². The number of hydrogen-bond acceptors (Lipinski definition) is 6. The Morgan fingerprint density at radius 1 is 1.10 bits per heavy atom. The molecule has 2 N–H and O–H groups in total. The molecule has 2 atom stereocenters. The van der Waals surface area contributed by atoms with Gasteiger partial charge in [-0.25, -0.2) is 13.2 Å². The molecule has 39 heavy (non-hydrogen) atoms. The monoisotopic (exact) mass is 560 g/mol. The highest BCUT2D eigenvalue weighted by Gasteiger charge is 2.39. The zero-order valence-electron chi connectivity index (χ0n) is 23.1. The number of hydrogen-bond donors (Lipinski definition) is 2. The molecule has 214 valence electrons.